The van der Waals surface area contributed by atoms with Crippen molar-refractivity contribution in [2.45, 2.75) is 33.6 Å². The number of carbonyl (C=O) groups excluding carboxylic acids is 1. The number of aromatic nitrogens is 1. The van der Waals surface area contributed by atoms with Crippen molar-refractivity contribution in [3.8, 4) is 0 Å². The molecule has 158 valence electrons. The number of rotatable bonds is 7. The molecule has 0 radical (unpaired) electrons. The lowest BCUT2D eigenvalue weighted by molar-refractivity contribution is -0.136. The van der Waals surface area contributed by atoms with Crippen LogP contribution >= 0.6 is 0 Å². The van der Waals surface area contributed by atoms with Crippen LogP contribution in [0, 0.1) is 12.8 Å². The van der Waals surface area contributed by atoms with Crippen molar-refractivity contribution in [3.63, 3.8) is 0 Å². The van der Waals surface area contributed by atoms with Gasteiger partial charge in [-0.15, -0.1) is 0 Å². The van der Waals surface area contributed by atoms with Crippen LogP contribution in [-0.4, -0.2) is 42.6 Å². The van der Waals surface area contributed by atoms with Crippen LogP contribution in [0.2, 0.25) is 0 Å². The Balaban J connectivity index is 1.98. The number of esters is 1. The molecular weight excluding hydrogens is 372 g/mol. The minimum atomic E-state index is -0.305. The third-order valence-corrected chi connectivity index (χ3v) is 5.51. The molecule has 1 aliphatic heterocycles. The fourth-order valence-electron chi connectivity index (χ4n) is 3.71. The summed E-state index contributed by atoms with van der Waals surface area (Å²) < 4.78 is 4.95. The molecule has 0 atom stereocenters. The minimum absolute atomic E-state index is 0.0604. The van der Waals surface area contributed by atoms with Crippen LogP contribution in [0.1, 0.15) is 49.2 Å². The topological polar surface area (TPSA) is 42.4 Å². The van der Waals surface area contributed by atoms with Gasteiger partial charge >= 0.3 is 5.97 Å². The van der Waals surface area contributed by atoms with Crippen LogP contribution < -0.4 is 0 Å². The van der Waals surface area contributed by atoms with Crippen LogP contribution in [0.5, 0.6) is 0 Å². The molecular formula is C26H32N2O2. The third-order valence-electron chi connectivity index (χ3n) is 5.51. The second-order valence-corrected chi connectivity index (χ2v) is 8.19. The van der Waals surface area contributed by atoms with E-state index in [0.29, 0.717) is 5.57 Å². The van der Waals surface area contributed by atoms with Gasteiger partial charge in [-0.3, -0.25) is 4.90 Å². The van der Waals surface area contributed by atoms with Crippen LogP contribution in [0.4, 0.5) is 0 Å². The fraction of sp³-hybridized carbons (Fsp3) is 0.385. The maximum Gasteiger partial charge on any atom is 0.334 e. The lowest BCUT2D eigenvalue weighted by Crippen LogP contribution is -2.19. The second kappa shape index (κ2) is 10.4. The molecule has 0 spiro atoms. The zero-order chi connectivity index (χ0) is 21.5. The van der Waals surface area contributed by atoms with Crippen molar-refractivity contribution in [2.75, 3.05) is 26.7 Å². The van der Waals surface area contributed by atoms with Gasteiger partial charge in [-0.25, -0.2) is 9.78 Å². The Morgan fingerprint density at radius 3 is 2.47 bits per heavy atom. The van der Waals surface area contributed by atoms with E-state index in [2.05, 4.69) is 42.2 Å². The molecule has 0 unspecified atom stereocenters. The molecule has 0 saturated carbocycles. The average molecular weight is 405 g/mol. The first-order valence-electron chi connectivity index (χ1n) is 10.7. The predicted molar refractivity (Wildman–Crippen MR) is 123 cm³/mol. The molecule has 2 heterocycles. The summed E-state index contributed by atoms with van der Waals surface area (Å²) in [7, 11) is 1.42. The van der Waals surface area contributed by atoms with Gasteiger partial charge in [0.2, 0.25) is 0 Å². The van der Waals surface area contributed by atoms with Crippen molar-refractivity contribution in [3.05, 3.63) is 76.6 Å². The molecule has 0 bridgehead atoms. The maximum absolute atomic E-state index is 12.1. The van der Waals surface area contributed by atoms with Crippen molar-refractivity contribution < 1.29 is 9.53 Å². The number of pyridine rings is 1. The summed E-state index contributed by atoms with van der Waals surface area (Å²) in [5, 5.41) is 0. The first-order chi connectivity index (χ1) is 14.5. The highest BCUT2D eigenvalue weighted by Gasteiger charge is 2.15. The van der Waals surface area contributed by atoms with E-state index in [1.807, 2.05) is 38.1 Å². The molecule has 1 aromatic heterocycles. The van der Waals surface area contributed by atoms with Gasteiger partial charge in [-0.05, 0) is 62.5 Å². The lowest BCUT2D eigenvalue weighted by atomic mass is 9.99. The molecule has 4 heteroatoms. The Bertz CT molecular complexity index is 920. The van der Waals surface area contributed by atoms with E-state index < -0.39 is 0 Å². The van der Waals surface area contributed by atoms with E-state index >= 15 is 0 Å². The highest BCUT2D eigenvalue weighted by atomic mass is 16.5. The van der Waals surface area contributed by atoms with Gasteiger partial charge in [0, 0.05) is 17.7 Å². The summed E-state index contributed by atoms with van der Waals surface area (Å²) >= 11 is 0. The summed E-state index contributed by atoms with van der Waals surface area (Å²) in [5.74, 6) is -0.245. The van der Waals surface area contributed by atoms with Crippen LogP contribution in [0.3, 0.4) is 0 Å². The van der Waals surface area contributed by atoms with Gasteiger partial charge in [0.25, 0.3) is 0 Å². The van der Waals surface area contributed by atoms with Crippen molar-refractivity contribution in [1.29, 1.82) is 0 Å². The Labute approximate surface area is 180 Å². The van der Waals surface area contributed by atoms with Crippen LogP contribution in [-0.2, 0) is 9.53 Å². The van der Waals surface area contributed by atoms with Gasteiger partial charge < -0.3 is 4.74 Å². The highest BCUT2D eigenvalue weighted by Crippen LogP contribution is 2.24. The van der Waals surface area contributed by atoms with E-state index in [0.717, 1.165) is 42.2 Å². The van der Waals surface area contributed by atoms with E-state index in [1.54, 1.807) is 0 Å². The van der Waals surface area contributed by atoms with E-state index in [9.17, 15) is 4.79 Å². The quantitative estimate of drug-likeness (QED) is 0.474. The largest absolute Gasteiger partial charge is 0.466 e. The summed E-state index contributed by atoms with van der Waals surface area (Å²) in [5.41, 5.74) is 5.83. The number of hydrogen-bond donors (Lipinski definition) is 0. The molecule has 3 rings (SSSR count). The first kappa shape index (κ1) is 22.0. The van der Waals surface area contributed by atoms with E-state index in [-0.39, 0.29) is 11.9 Å². The fourth-order valence-corrected chi connectivity index (χ4v) is 3.71. The number of hydrogen-bond acceptors (Lipinski definition) is 4. The van der Waals surface area contributed by atoms with E-state index in [1.165, 1.54) is 25.5 Å². The average Bonchev–Trinajstić information content (AvgIpc) is 3.26. The molecule has 0 N–H and O–H groups in total. The normalized spacial score (nSPS) is 15.6. The third kappa shape index (κ3) is 5.67. The van der Waals surface area contributed by atoms with Crippen molar-refractivity contribution >= 4 is 17.6 Å². The van der Waals surface area contributed by atoms with Gasteiger partial charge in [-0.2, -0.15) is 0 Å². The van der Waals surface area contributed by atoms with Crippen molar-refractivity contribution in [2.24, 2.45) is 5.92 Å². The van der Waals surface area contributed by atoms with Crippen LogP contribution in [0.25, 0.3) is 11.6 Å². The molecule has 2 aromatic rings. The maximum atomic E-state index is 12.1. The SMILES string of the molecule is COC(=O)/C(=C/c1cccc(/C(=C/CN2CCCC2)c2ccc(C)cc2)n1)C(C)C. The minimum Gasteiger partial charge on any atom is -0.466 e. The molecule has 1 aromatic carbocycles. The predicted octanol–water partition coefficient (Wildman–Crippen LogP) is 5.13. The van der Waals surface area contributed by atoms with Gasteiger partial charge in [0.15, 0.2) is 0 Å². The highest BCUT2D eigenvalue weighted by molar-refractivity contribution is 5.93. The number of aryl methyl sites for hydroxylation is 1. The monoisotopic (exact) mass is 404 g/mol. The lowest BCUT2D eigenvalue weighted by Gasteiger charge is -2.15. The van der Waals surface area contributed by atoms with E-state index in [4.69, 9.17) is 9.72 Å². The summed E-state index contributed by atoms with van der Waals surface area (Å²) in [6.45, 7) is 9.31. The molecule has 4 nitrogen and oxygen atoms in total. The number of methoxy groups -OCH3 is 1. The smallest absolute Gasteiger partial charge is 0.334 e. The Morgan fingerprint density at radius 1 is 1.13 bits per heavy atom. The number of benzene rings is 1. The summed E-state index contributed by atoms with van der Waals surface area (Å²) in [6, 6.07) is 14.6. The van der Waals surface area contributed by atoms with Crippen LogP contribution in [0.15, 0.2) is 54.1 Å². The molecule has 1 aliphatic rings. The molecule has 30 heavy (non-hydrogen) atoms. The standard InChI is InChI=1S/C26H32N2O2/c1-19(2)24(26(29)30-4)18-22-8-7-9-25(27-22)23(14-17-28-15-5-6-16-28)21-12-10-20(3)11-13-21/h7-14,18-19H,5-6,15-17H2,1-4H3/b23-14+,24-18+. The number of carbonyl (C=O) groups is 1. The molecule has 0 aliphatic carbocycles. The number of likely N-dealkylation sites (tertiary alicyclic amines) is 1. The molecule has 0 amide bonds. The first-order valence-corrected chi connectivity index (χ1v) is 10.7. The summed E-state index contributed by atoms with van der Waals surface area (Å²) in [6.07, 6.45) is 6.68. The Hall–Kier alpha value is -2.72. The van der Waals surface area contributed by atoms with Gasteiger partial charge in [0.05, 0.1) is 18.5 Å². The Morgan fingerprint density at radius 2 is 1.83 bits per heavy atom. The summed E-state index contributed by atoms with van der Waals surface area (Å²) in [4.78, 5) is 19.5. The van der Waals surface area contributed by atoms with Gasteiger partial charge in [-0.1, -0.05) is 55.8 Å². The number of ether oxygens (including phenoxy) is 1. The molecule has 1 saturated heterocycles. The zero-order valence-corrected chi connectivity index (χ0v) is 18.5. The second-order valence-electron chi connectivity index (χ2n) is 8.19. The van der Waals surface area contributed by atoms with Crippen molar-refractivity contribution in [1.82, 2.24) is 9.88 Å². The number of nitrogens with zero attached hydrogens (tertiary/aromatic N) is 2. The Kier molecular flexibility index (Phi) is 7.58. The van der Waals surface area contributed by atoms with Gasteiger partial charge in [0.1, 0.15) is 0 Å². The molecule has 1 fully saturated rings. The zero-order valence-electron chi connectivity index (χ0n) is 18.5.